The number of hydrogen-bond acceptors (Lipinski definition) is 3. The van der Waals surface area contributed by atoms with Gasteiger partial charge >= 0.3 is 0 Å². The monoisotopic (exact) mass is 353 g/mol. The Labute approximate surface area is 149 Å². The zero-order valence-electron chi connectivity index (χ0n) is 14.3. The van der Waals surface area contributed by atoms with Crippen molar-refractivity contribution in [3.05, 3.63) is 64.5 Å². The number of rotatable bonds is 3. The van der Waals surface area contributed by atoms with E-state index in [2.05, 4.69) is 10.3 Å². The molecule has 0 saturated heterocycles. The Morgan fingerprint density at radius 1 is 1.16 bits per heavy atom. The first-order chi connectivity index (χ1) is 12.0. The number of aromatic nitrogens is 1. The van der Waals surface area contributed by atoms with Crippen molar-refractivity contribution >= 4 is 33.4 Å². The predicted molar refractivity (Wildman–Crippen MR) is 99.5 cm³/mol. The molecule has 0 fully saturated rings. The van der Waals surface area contributed by atoms with Gasteiger partial charge in [0.2, 0.25) is 0 Å². The molecule has 2 amide bonds. The Hall–Kier alpha value is -2.73. The third-order valence-corrected chi connectivity index (χ3v) is 5.03. The molecule has 0 aliphatic heterocycles. The number of nitrogens with zero attached hydrogens (tertiary/aromatic N) is 2. The van der Waals surface area contributed by atoms with Crippen molar-refractivity contribution in [2.24, 2.45) is 12.0 Å². The minimum Gasteiger partial charge on any atom is -0.340 e. The molecule has 0 radical (unpaired) electrons. The maximum atomic E-state index is 12.4. The van der Waals surface area contributed by atoms with Gasteiger partial charge in [0.1, 0.15) is 6.04 Å². The molecule has 3 aromatic rings. The van der Waals surface area contributed by atoms with E-state index in [1.807, 2.05) is 54.9 Å². The third-order valence-electron chi connectivity index (χ3n) is 3.92. The number of nitrogens with one attached hydrogen (secondary N) is 1. The summed E-state index contributed by atoms with van der Waals surface area (Å²) in [6.45, 7) is 3.56. The Morgan fingerprint density at radius 3 is 2.64 bits per heavy atom. The van der Waals surface area contributed by atoms with Crippen LogP contribution >= 0.6 is 11.3 Å². The van der Waals surface area contributed by atoms with Gasteiger partial charge in [0.25, 0.3) is 11.8 Å². The van der Waals surface area contributed by atoms with E-state index in [0.29, 0.717) is 10.4 Å². The highest BCUT2D eigenvalue weighted by atomic mass is 32.1. The summed E-state index contributed by atoms with van der Waals surface area (Å²) in [6, 6.07) is 14.4. The number of aryl methyl sites for hydroxylation is 2. The lowest BCUT2D eigenvalue weighted by Crippen LogP contribution is -2.38. The predicted octanol–water partition coefficient (Wildman–Crippen LogP) is 2.79. The Morgan fingerprint density at radius 2 is 1.92 bits per heavy atom. The number of carbonyl (C=O) groups is 2. The summed E-state index contributed by atoms with van der Waals surface area (Å²) in [7, 11) is 1.88. The normalized spacial score (nSPS) is 13.0. The molecule has 0 saturated carbocycles. The van der Waals surface area contributed by atoms with Crippen molar-refractivity contribution in [2.45, 2.75) is 19.9 Å². The number of fused-ring (bicyclic) bond motifs is 1. The SMILES string of the molecule is Cc1cccc(C(=O)NC(C)C(=O)N=c2sc3ccccc3n2C)c1. The standard InChI is InChI=1S/C19H19N3O2S/c1-12-7-6-8-14(11-12)18(24)20-13(2)17(23)21-19-22(3)15-9-4-5-10-16(15)25-19/h4-11,13H,1-3H3,(H,20,24). The quantitative estimate of drug-likeness (QED) is 0.787. The van der Waals surface area contributed by atoms with Crippen LogP contribution in [0.4, 0.5) is 0 Å². The molecule has 1 heterocycles. The van der Waals surface area contributed by atoms with E-state index in [9.17, 15) is 9.59 Å². The minimum absolute atomic E-state index is 0.277. The van der Waals surface area contributed by atoms with Gasteiger partial charge in [-0.05, 0) is 38.1 Å². The van der Waals surface area contributed by atoms with Crippen LogP contribution in [-0.2, 0) is 11.8 Å². The van der Waals surface area contributed by atoms with Crippen molar-refractivity contribution in [1.29, 1.82) is 0 Å². The van der Waals surface area contributed by atoms with Gasteiger partial charge < -0.3 is 9.88 Å². The molecule has 2 aromatic carbocycles. The first kappa shape index (κ1) is 17.1. The molecular weight excluding hydrogens is 334 g/mol. The highest BCUT2D eigenvalue weighted by molar-refractivity contribution is 7.16. The van der Waals surface area contributed by atoms with Crippen LogP contribution in [0, 0.1) is 6.92 Å². The third kappa shape index (κ3) is 3.69. The fourth-order valence-corrected chi connectivity index (χ4v) is 3.53. The first-order valence-electron chi connectivity index (χ1n) is 7.96. The second-order valence-electron chi connectivity index (χ2n) is 5.93. The van der Waals surface area contributed by atoms with E-state index < -0.39 is 6.04 Å². The molecule has 0 bridgehead atoms. The molecule has 25 heavy (non-hydrogen) atoms. The number of amides is 2. The maximum Gasteiger partial charge on any atom is 0.270 e. The average molecular weight is 353 g/mol. The summed E-state index contributed by atoms with van der Waals surface area (Å²) in [5.41, 5.74) is 2.55. The van der Waals surface area contributed by atoms with Crippen LogP contribution in [0.25, 0.3) is 10.2 Å². The van der Waals surface area contributed by atoms with Gasteiger partial charge in [-0.15, -0.1) is 0 Å². The summed E-state index contributed by atoms with van der Waals surface area (Å²) in [5, 5.41) is 2.71. The average Bonchev–Trinajstić information content (AvgIpc) is 2.91. The van der Waals surface area contributed by atoms with Crippen LogP contribution < -0.4 is 10.1 Å². The number of benzene rings is 2. The highest BCUT2D eigenvalue weighted by Crippen LogP contribution is 2.15. The van der Waals surface area contributed by atoms with Gasteiger partial charge in [-0.25, -0.2) is 0 Å². The smallest absolute Gasteiger partial charge is 0.270 e. The molecule has 1 atom stereocenters. The molecule has 1 aromatic heterocycles. The van der Waals surface area contributed by atoms with Crippen LogP contribution in [0.5, 0.6) is 0 Å². The maximum absolute atomic E-state index is 12.4. The number of hydrogen-bond donors (Lipinski definition) is 1. The molecule has 6 heteroatoms. The lowest BCUT2D eigenvalue weighted by atomic mass is 10.1. The van der Waals surface area contributed by atoms with E-state index >= 15 is 0 Å². The molecule has 1 N–H and O–H groups in total. The summed E-state index contributed by atoms with van der Waals surface area (Å²) in [4.78, 5) is 29.5. The van der Waals surface area contributed by atoms with Gasteiger partial charge in [-0.3, -0.25) is 9.59 Å². The summed E-state index contributed by atoms with van der Waals surface area (Å²) in [5.74, 6) is -0.649. The van der Waals surface area contributed by atoms with E-state index in [1.54, 1.807) is 19.1 Å². The topological polar surface area (TPSA) is 63.5 Å². The van der Waals surface area contributed by atoms with Gasteiger partial charge in [-0.1, -0.05) is 41.2 Å². The van der Waals surface area contributed by atoms with E-state index in [4.69, 9.17) is 0 Å². The zero-order valence-corrected chi connectivity index (χ0v) is 15.1. The summed E-state index contributed by atoms with van der Waals surface area (Å²) >= 11 is 1.45. The van der Waals surface area contributed by atoms with Gasteiger partial charge in [-0.2, -0.15) is 4.99 Å². The molecule has 1 unspecified atom stereocenters. The molecule has 0 aliphatic rings. The second-order valence-corrected chi connectivity index (χ2v) is 6.94. The number of carbonyl (C=O) groups excluding carboxylic acids is 2. The largest absolute Gasteiger partial charge is 0.340 e. The molecular formula is C19H19N3O2S. The first-order valence-corrected chi connectivity index (χ1v) is 8.78. The number of para-hydroxylation sites is 1. The minimum atomic E-state index is -0.696. The van der Waals surface area contributed by atoms with Gasteiger partial charge in [0.15, 0.2) is 4.80 Å². The van der Waals surface area contributed by atoms with Crippen molar-refractivity contribution in [1.82, 2.24) is 9.88 Å². The van der Waals surface area contributed by atoms with E-state index in [1.165, 1.54) is 11.3 Å². The van der Waals surface area contributed by atoms with Crippen molar-refractivity contribution < 1.29 is 9.59 Å². The van der Waals surface area contributed by atoms with Crippen molar-refractivity contribution in [2.75, 3.05) is 0 Å². The molecule has 5 nitrogen and oxygen atoms in total. The van der Waals surface area contributed by atoms with Crippen molar-refractivity contribution in [3.63, 3.8) is 0 Å². The molecule has 128 valence electrons. The van der Waals surface area contributed by atoms with E-state index in [-0.39, 0.29) is 11.8 Å². The Kier molecular flexibility index (Phi) is 4.81. The summed E-state index contributed by atoms with van der Waals surface area (Å²) in [6.07, 6.45) is 0. The lowest BCUT2D eigenvalue weighted by Gasteiger charge is -2.10. The second kappa shape index (κ2) is 7.03. The van der Waals surface area contributed by atoms with Crippen molar-refractivity contribution in [3.8, 4) is 0 Å². The molecule has 0 aliphatic carbocycles. The van der Waals surface area contributed by atoms with Crippen LogP contribution in [-0.4, -0.2) is 22.4 Å². The zero-order chi connectivity index (χ0) is 18.0. The fraction of sp³-hybridized carbons (Fsp3) is 0.211. The number of thiazole rings is 1. The van der Waals surface area contributed by atoms with E-state index in [0.717, 1.165) is 15.8 Å². The van der Waals surface area contributed by atoms with Crippen LogP contribution in [0.2, 0.25) is 0 Å². The molecule has 0 spiro atoms. The van der Waals surface area contributed by atoms with Crippen LogP contribution in [0.1, 0.15) is 22.8 Å². The summed E-state index contributed by atoms with van der Waals surface area (Å²) < 4.78 is 2.94. The lowest BCUT2D eigenvalue weighted by molar-refractivity contribution is -0.119. The fourth-order valence-electron chi connectivity index (χ4n) is 2.51. The molecule has 3 rings (SSSR count). The highest BCUT2D eigenvalue weighted by Gasteiger charge is 2.16. The Bertz CT molecular complexity index is 1020. The van der Waals surface area contributed by atoms with Crippen LogP contribution in [0.3, 0.4) is 0 Å². The van der Waals surface area contributed by atoms with Gasteiger partial charge in [0.05, 0.1) is 10.2 Å². The van der Waals surface area contributed by atoms with Crippen LogP contribution in [0.15, 0.2) is 53.5 Å². The van der Waals surface area contributed by atoms with Gasteiger partial charge in [0, 0.05) is 12.6 Å². The Balaban J connectivity index is 1.80.